The minimum absolute atomic E-state index is 0.722. The molecular formula is C8H16O3S. The molecule has 0 aromatic rings. The van der Waals surface area contributed by atoms with E-state index in [-0.39, 0.29) is 0 Å². The van der Waals surface area contributed by atoms with Gasteiger partial charge in [0.1, 0.15) is 0 Å². The SMILES string of the molecule is CCCCCCC=CS(=O)(=O)O. The zero-order chi connectivity index (χ0) is 9.45. The van der Waals surface area contributed by atoms with Crippen molar-refractivity contribution in [3.63, 3.8) is 0 Å². The molecule has 1 N–H and O–H groups in total. The Morgan fingerprint density at radius 1 is 1.25 bits per heavy atom. The number of hydrogen-bond acceptors (Lipinski definition) is 2. The molecule has 0 fully saturated rings. The molecule has 0 radical (unpaired) electrons. The van der Waals surface area contributed by atoms with Crippen LogP contribution in [0.25, 0.3) is 0 Å². The van der Waals surface area contributed by atoms with E-state index in [1.807, 2.05) is 0 Å². The van der Waals surface area contributed by atoms with Crippen LogP contribution in [0.1, 0.15) is 39.0 Å². The Bertz CT molecular complexity index is 216. The molecule has 0 saturated heterocycles. The normalized spacial score (nSPS) is 12.5. The van der Waals surface area contributed by atoms with Crippen molar-refractivity contribution >= 4 is 10.1 Å². The summed E-state index contributed by atoms with van der Waals surface area (Å²) in [6, 6.07) is 0. The van der Waals surface area contributed by atoms with Crippen LogP contribution >= 0.6 is 0 Å². The van der Waals surface area contributed by atoms with Crippen molar-refractivity contribution in [3.8, 4) is 0 Å². The Morgan fingerprint density at radius 3 is 2.42 bits per heavy atom. The van der Waals surface area contributed by atoms with Crippen LogP contribution in [0.5, 0.6) is 0 Å². The highest BCUT2D eigenvalue weighted by atomic mass is 32.2. The highest BCUT2D eigenvalue weighted by molar-refractivity contribution is 7.88. The van der Waals surface area contributed by atoms with Gasteiger partial charge in [0.15, 0.2) is 0 Å². The maximum atomic E-state index is 10.2. The minimum atomic E-state index is -3.90. The molecule has 0 unspecified atom stereocenters. The maximum Gasteiger partial charge on any atom is 0.287 e. The van der Waals surface area contributed by atoms with Crippen LogP contribution in [0.4, 0.5) is 0 Å². The number of unbranched alkanes of at least 4 members (excludes halogenated alkanes) is 4. The van der Waals surface area contributed by atoms with Crippen LogP contribution in [-0.2, 0) is 10.1 Å². The van der Waals surface area contributed by atoms with E-state index in [1.54, 1.807) is 0 Å². The van der Waals surface area contributed by atoms with Gasteiger partial charge in [0.25, 0.3) is 10.1 Å². The Balaban J connectivity index is 3.38. The summed E-state index contributed by atoms with van der Waals surface area (Å²) in [7, 11) is -3.90. The lowest BCUT2D eigenvalue weighted by Crippen LogP contribution is -1.88. The van der Waals surface area contributed by atoms with E-state index in [4.69, 9.17) is 4.55 Å². The first kappa shape index (κ1) is 11.6. The van der Waals surface area contributed by atoms with Crippen molar-refractivity contribution in [2.45, 2.75) is 39.0 Å². The van der Waals surface area contributed by atoms with Crippen molar-refractivity contribution in [3.05, 3.63) is 11.5 Å². The molecule has 0 atom stereocenters. The molecule has 0 heterocycles. The fraction of sp³-hybridized carbons (Fsp3) is 0.750. The molecule has 0 aliphatic carbocycles. The third-order valence-electron chi connectivity index (χ3n) is 1.49. The fourth-order valence-corrected chi connectivity index (χ4v) is 1.26. The van der Waals surface area contributed by atoms with E-state index >= 15 is 0 Å². The molecule has 0 rings (SSSR count). The van der Waals surface area contributed by atoms with Crippen LogP contribution in [-0.4, -0.2) is 13.0 Å². The van der Waals surface area contributed by atoms with Gasteiger partial charge in [-0.25, -0.2) is 0 Å². The molecule has 3 nitrogen and oxygen atoms in total. The highest BCUT2D eigenvalue weighted by Gasteiger charge is 1.93. The summed E-state index contributed by atoms with van der Waals surface area (Å²) in [6.07, 6.45) is 6.67. The Kier molecular flexibility index (Phi) is 6.02. The summed E-state index contributed by atoms with van der Waals surface area (Å²) in [5, 5.41) is 0.846. The van der Waals surface area contributed by atoms with E-state index in [2.05, 4.69) is 6.92 Å². The van der Waals surface area contributed by atoms with Crippen LogP contribution in [0, 0.1) is 0 Å². The van der Waals surface area contributed by atoms with Crippen molar-refractivity contribution < 1.29 is 13.0 Å². The second kappa shape index (κ2) is 6.20. The average molecular weight is 192 g/mol. The van der Waals surface area contributed by atoms with Gasteiger partial charge in [-0.15, -0.1) is 0 Å². The zero-order valence-electron chi connectivity index (χ0n) is 7.36. The standard InChI is InChI=1S/C8H16O3S/c1-2-3-4-5-6-7-8-12(9,10)11/h7-8H,2-6H2,1H3,(H,9,10,11). The third kappa shape index (κ3) is 9.65. The van der Waals surface area contributed by atoms with Crippen molar-refractivity contribution in [2.24, 2.45) is 0 Å². The molecule has 0 aromatic heterocycles. The first-order chi connectivity index (χ1) is 5.56. The summed E-state index contributed by atoms with van der Waals surface area (Å²) in [5.74, 6) is 0. The fourth-order valence-electron chi connectivity index (χ4n) is 0.879. The summed E-state index contributed by atoms with van der Waals surface area (Å²) in [6.45, 7) is 2.12. The van der Waals surface area contributed by atoms with Crippen LogP contribution in [0.2, 0.25) is 0 Å². The lowest BCUT2D eigenvalue weighted by atomic mass is 10.2. The molecule has 0 aromatic carbocycles. The van der Waals surface area contributed by atoms with Gasteiger partial charge >= 0.3 is 0 Å². The third-order valence-corrected chi connectivity index (χ3v) is 2.03. The smallest absolute Gasteiger partial charge is 0.282 e. The van der Waals surface area contributed by atoms with E-state index in [1.165, 1.54) is 18.9 Å². The predicted octanol–water partition coefficient (Wildman–Crippen LogP) is 2.36. The molecule has 0 saturated carbocycles. The molecule has 12 heavy (non-hydrogen) atoms. The number of hydrogen-bond donors (Lipinski definition) is 1. The summed E-state index contributed by atoms with van der Waals surface area (Å²) >= 11 is 0. The number of rotatable bonds is 6. The highest BCUT2D eigenvalue weighted by Crippen LogP contribution is 2.03. The summed E-state index contributed by atoms with van der Waals surface area (Å²) in [4.78, 5) is 0. The second-order valence-electron chi connectivity index (χ2n) is 2.74. The minimum Gasteiger partial charge on any atom is -0.282 e. The maximum absolute atomic E-state index is 10.2. The van der Waals surface area contributed by atoms with E-state index in [9.17, 15) is 8.42 Å². The van der Waals surface area contributed by atoms with Gasteiger partial charge in [-0.2, -0.15) is 8.42 Å². The lowest BCUT2D eigenvalue weighted by molar-refractivity contribution is 0.494. The molecule has 0 amide bonds. The van der Waals surface area contributed by atoms with Gasteiger partial charge in [-0.1, -0.05) is 32.3 Å². The lowest BCUT2D eigenvalue weighted by Gasteiger charge is -1.93. The quantitative estimate of drug-likeness (QED) is 0.519. The van der Waals surface area contributed by atoms with Gasteiger partial charge in [0, 0.05) is 0 Å². The van der Waals surface area contributed by atoms with Crippen LogP contribution < -0.4 is 0 Å². The molecule has 0 spiro atoms. The van der Waals surface area contributed by atoms with Gasteiger partial charge in [-0.3, -0.25) is 4.55 Å². The van der Waals surface area contributed by atoms with Crippen LogP contribution in [0.15, 0.2) is 11.5 Å². The molecule has 4 heteroatoms. The van der Waals surface area contributed by atoms with Gasteiger partial charge in [-0.05, 0) is 12.8 Å². The number of allylic oxidation sites excluding steroid dienone is 1. The van der Waals surface area contributed by atoms with E-state index < -0.39 is 10.1 Å². The molecular weight excluding hydrogens is 176 g/mol. The largest absolute Gasteiger partial charge is 0.287 e. The first-order valence-electron chi connectivity index (χ1n) is 4.20. The first-order valence-corrected chi connectivity index (χ1v) is 5.70. The van der Waals surface area contributed by atoms with Gasteiger partial charge in [0.2, 0.25) is 0 Å². The summed E-state index contributed by atoms with van der Waals surface area (Å²) < 4.78 is 28.7. The van der Waals surface area contributed by atoms with Crippen molar-refractivity contribution in [1.29, 1.82) is 0 Å². The van der Waals surface area contributed by atoms with Crippen molar-refractivity contribution in [2.75, 3.05) is 0 Å². The Morgan fingerprint density at radius 2 is 1.92 bits per heavy atom. The summed E-state index contributed by atoms with van der Waals surface area (Å²) in [5.41, 5.74) is 0. The van der Waals surface area contributed by atoms with Gasteiger partial charge in [0.05, 0.1) is 5.41 Å². The molecule has 0 bridgehead atoms. The van der Waals surface area contributed by atoms with Gasteiger partial charge < -0.3 is 0 Å². The average Bonchev–Trinajstić information content (AvgIpc) is 1.94. The van der Waals surface area contributed by atoms with Crippen LogP contribution in [0.3, 0.4) is 0 Å². The molecule has 0 aliphatic rings. The van der Waals surface area contributed by atoms with Crippen molar-refractivity contribution in [1.82, 2.24) is 0 Å². The molecule has 0 aliphatic heterocycles. The zero-order valence-corrected chi connectivity index (χ0v) is 8.18. The molecule has 72 valence electrons. The predicted molar refractivity (Wildman–Crippen MR) is 49.4 cm³/mol. The monoisotopic (exact) mass is 192 g/mol. The van der Waals surface area contributed by atoms with E-state index in [0.29, 0.717) is 0 Å². The van der Waals surface area contributed by atoms with E-state index in [0.717, 1.165) is 24.7 Å². The Hall–Kier alpha value is -0.350. The second-order valence-corrected chi connectivity index (χ2v) is 4.04. The Labute approximate surface area is 74.2 Å². The topological polar surface area (TPSA) is 54.4 Å².